The highest BCUT2D eigenvalue weighted by Crippen LogP contribution is 2.35. The molecule has 0 saturated heterocycles. The number of aliphatic carboxylic acids is 1. The van der Waals surface area contributed by atoms with Gasteiger partial charge in [-0.3, -0.25) is 4.79 Å². The lowest BCUT2D eigenvalue weighted by atomic mass is 9.79. The van der Waals surface area contributed by atoms with Gasteiger partial charge in [-0.1, -0.05) is 18.2 Å². The van der Waals surface area contributed by atoms with Crippen molar-refractivity contribution in [2.75, 3.05) is 6.61 Å². The van der Waals surface area contributed by atoms with Crippen LogP contribution in [0.15, 0.2) is 24.3 Å². The summed E-state index contributed by atoms with van der Waals surface area (Å²) in [5.41, 5.74) is 1.14. The standard InChI is InChI=1S/C13H15NO3/c15-13(16)9-5-6-10(9)14-11-7-17-12-4-2-1-3-8(11)12/h1-4,9-11,14H,5-7H2,(H,15,16). The number of nitrogens with one attached hydrogen (secondary N) is 1. The number of rotatable bonds is 3. The van der Waals surface area contributed by atoms with Gasteiger partial charge >= 0.3 is 5.97 Å². The van der Waals surface area contributed by atoms with Gasteiger partial charge in [-0.05, 0) is 18.9 Å². The van der Waals surface area contributed by atoms with Crippen LogP contribution in [0.2, 0.25) is 0 Å². The lowest BCUT2D eigenvalue weighted by Crippen LogP contribution is -2.49. The molecule has 4 nitrogen and oxygen atoms in total. The van der Waals surface area contributed by atoms with Gasteiger partial charge in [0.1, 0.15) is 12.4 Å². The van der Waals surface area contributed by atoms with Crippen molar-refractivity contribution >= 4 is 5.97 Å². The van der Waals surface area contributed by atoms with Crippen molar-refractivity contribution < 1.29 is 14.6 Å². The molecule has 3 unspecified atom stereocenters. The van der Waals surface area contributed by atoms with Crippen LogP contribution in [0.5, 0.6) is 5.75 Å². The Hall–Kier alpha value is -1.55. The molecule has 90 valence electrons. The van der Waals surface area contributed by atoms with Crippen molar-refractivity contribution in [3.05, 3.63) is 29.8 Å². The van der Waals surface area contributed by atoms with Crippen LogP contribution in [0.25, 0.3) is 0 Å². The third-order valence-electron chi connectivity index (χ3n) is 3.71. The summed E-state index contributed by atoms with van der Waals surface area (Å²) in [5.74, 6) is -0.0140. The van der Waals surface area contributed by atoms with E-state index in [2.05, 4.69) is 5.32 Å². The molecule has 1 aromatic carbocycles. The van der Waals surface area contributed by atoms with E-state index in [1.165, 1.54) is 0 Å². The summed E-state index contributed by atoms with van der Waals surface area (Å²) < 4.78 is 5.57. The number of carboxylic acids is 1. The molecule has 1 aliphatic heterocycles. The first-order chi connectivity index (χ1) is 8.25. The Labute approximate surface area is 99.6 Å². The zero-order chi connectivity index (χ0) is 11.8. The molecule has 2 aliphatic rings. The van der Waals surface area contributed by atoms with Crippen LogP contribution in [0, 0.1) is 5.92 Å². The van der Waals surface area contributed by atoms with Gasteiger partial charge in [0.15, 0.2) is 0 Å². The van der Waals surface area contributed by atoms with E-state index < -0.39 is 5.97 Å². The molecule has 17 heavy (non-hydrogen) atoms. The van der Waals surface area contributed by atoms with Gasteiger partial charge in [0.2, 0.25) is 0 Å². The Morgan fingerprint density at radius 1 is 1.35 bits per heavy atom. The Kier molecular flexibility index (Phi) is 2.52. The number of hydrogen-bond acceptors (Lipinski definition) is 3. The maximum Gasteiger partial charge on any atom is 0.308 e. The summed E-state index contributed by atoms with van der Waals surface area (Å²) in [7, 11) is 0. The predicted octanol–water partition coefficient (Wildman–Crippen LogP) is 1.57. The molecule has 1 saturated carbocycles. The van der Waals surface area contributed by atoms with Crippen LogP contribution >= 0.6 is 0 Å². The second-order valence-electron chi connectivity index (χ2n) is 4.70. The van der Waals surface area contributed by atoms with Crippen LogP contribution in [0.1, 0.15) is 24.4 Å². The van der Waals surface area contributed by atoms with Crippen LogP contribution < -0.4 is 10.1 Å². The average molecular weight is 233 g/mol. The van der Waals surface area contributed by atoms with Gasteiger partial charge in [-0.15, -0.1) is 0 Å². The number of carboxylic acid groups (broad SMARTS) is 1. The highest BCUT2D eigenvalue weighted by molar-refractivity contribution is 5.72. The van der Waals surface area contributed by atoms with Crippen LogP contribution in [0.4, 0.5) is 0 Å². The molecular weight excluding hydrogens is 218 g/mol. The summed E-state index contributed by atoms with van der Waals surface area (Å²) in [6, 6.07) is 8.15. The van der Waals surface area contributed by atoms with Gasteiger partial charge in [-0.25, -0.2) is 0 Å². The van der Waals surface area contributed by atoms with E-state index in [4.69, 9.17) is 9.84 Å². The molecular formula is C13H15NO3. The normalized spacial score (nSPS) is 30.2. The molecule has 0 radical (unpaired) electrons. The van der Waals surface area contributed by atoms with Crippen LogP contribution in [0.3, 0.4) is 0 Å². The second-order valence-corrected chi connectivity index (χ2v) is 4.70. The molecule has 1 aromatic rings. The third kappa shape index (κ3) is 1.78. The van der Waals surface area contributed by atoms with Crippen molar-refractivity contribution in [1.82, 2.24) is 5.32 Å². The summed E-state index contributed by atoms with van der Waals surface area (Å²) in [5, 5.41) is 12.4. The Morgan fingerprint density at radius 2 is 2.18 bits per heavy atom. The molecule has 3 rings (SSSR count). The van der Waals surface area contributed by atoms with Gasteiger partial charge < -0.3 is 15.2 Å². The van der Waals surface area contributed by atoms with Crippen molar-refractivity contribution in [1.29, 1.82) is 0 Å². The number of carbonyl (C=O) groups is 1. The van der Waals surface area contributed by atoms with E-state index in [1.807, 2.05) is 24.3 Å². The Morgan fingerprint density at radius 3 is 2.88 bits per heavy atom. The van der Waals surface area contributed by atoms with E-state index in [0.717, 1.165) is 24.2 Å². The fraction of sp³-hybridized carbons (Fsp3) is 0.462. The SMILES string of the molecule is O=C(O)C1CCC1NC1COc2ccccc21. The lowest BCUT2D eigenvalue weighted by molar-refractivity contribution is -0.146. The number of para-hydroxylation sites is 1. The first-order valence-electron chi connectivity index (χ1n) is 5.96. The number of benzene rings is 1. The summed E-state index contributed by atoms with van der Waals surface area (Å²) in [6.45, 7) is 0.599. The minimum atomic E-state index is -0.694. The van der Waals surface area contributed by atoms with Gasteiger partial charge in [0.05, 0.1) is 12.0 Å². The van der Waals surface area contributed by atoms with Gasteiger partial charge in [0, 0.05) is 11.6 Å². The maximum absolute atomic E-state index is 10.9. The summed E-state index contributed by atoms with van der Waals surface area (Å²) in [6.07, 6.45) is 1.72. The predicted molar refractivity (Wildman–Crippen MR) is 62.0 cm³/mol. The van der Waals surface area contributed by atoms with E-state index in [0.29, 0.717) is 6.61 Å². The molecule has 1 aliphatic carbocycles. The molecule has 0 spiro atoms. The fourth-order valence-electron chi connectivity index (χ4n) is 2.55. The van der Waals surface area contributed by atoms with E-state index >= 15 is 0 Å². The minimum Gasteiger partial charge on any atom is -0.491 e. The average Bonchev–Trinajstić information content (AvgIpc) is 2.67. The Bertz CT molecular complexity index is 446. The van der Waals surface area contributed by atoms with Crippen LogP contribution in [-0.4, -0.2) is 23.7 Å². The van der Waals surface area contributed by atoms with E-state index in [9.17, 15) is 4.79 Å². The number of hydrogen-bond donors (Lipinski definition) is 2. The van der Waals surface area contributed by atoms with Gasteiger partial charge in [-0.2, -0.15) is 0 Å². The van der Waals surface area contributed by atoms with E-state index in [1.54, 1.807) is 0 Å². The highest BCUT2D eigenvalue weighted by atomic mass is 16.5. The number of ether oxygens (including phenoxy) is 1. The molecule has 1 heterocycles. The molecule has 0 amide bonds. The zero-order valence-corrected chi connectivity index (χ0v) is 9.43. The summed E-state index contributed by atoms with van der Waals surface area (Å²) in [4.78, 5) is 10.9. The smallest absolute Gasteiger partial charge is 0.308 e. The topological polar surface area (TPSA) is 58.6 Å². The largest absolute Gasteiger partial charge is 0.491 e. The monoisotopic (exact) mass is 233 g/mol. The lowest BCUT2D eigenvalue weighted by Gasteiger charge is -2.35. The molecule has 3 atom stereocenters. The molecule has 2 N–H and O–H groups in total. The second kappa shape index (κ2) is 4.04. The molecule has 4 heteroatoms. The molecule has 1 fully saturated rings. The number of fused-ring (bicyclic) bond motifs is 1. The van der Waals surface area contributed by atoms with Crippen molar-refractivity contribution in [3.8, 4) is 5.75 Å². The Balaban J connectivity index is 1.70. The van der Waals surface area contributed by atoms with Crippen molar-refractivity contribution in [2.24, 2.45) is 5.92 Å². The first-order valence-corrected chi connectivity index (χ1v) is 5.96. The first kappa shape index (κ1) is 10.6. The fourth-order valence-corrected chi connectivity index (χ4v) is 2.55. The third-order valence-corrected chi connectivity index (χ3v) is 3.71. The molecule has 0 bridgehead atoms. The quantitative estimate of drug-likeness (QED) is 0.832. The zero-order valence-electron chi connectivity index (χ0n) is 9.43. The van der Waals surface area contributed by atoms with E-state index in [-0.39, 0.29) is 18.0 Å². The highest BCUT2D eigenvalue weighted by Gasteiger charge is 2.39. The minimum absolute atomic E-state index is 0.0901. The van der Waals surface area contributed by atoms with Crippen molar-refractivity contribution in [3.63, 3.8) is 0 Å². The van der Waals surface area contributed by atoms with Crippen LogP contribution in [-0.2, 0) is 4.79 Å². The maximum atomic E-state index is 10.9. The summed E-state index contributed by atoms with van der Waals surface area (Å²) >= 11 is 0. The van der Waals surface area contributed by atoms with Gasteiger partial charge in [0.25, 0.3) is 0 Å². The molecule has 0 aromatic heterocycles. The van der Waals surface area contributed by atoms with Crippen molar-refractivity contribution in [2.45, 2.75) is 24.9 Å².